The van der Waals surface area contributed by atoms with Crippen LogP contribution in [0.1, 0.15) is 11.3 Å². The smallest absolute Gasteiger partial charge is 0.226 e. The maximum atomic E-state index is 13.0. The van der Waals surface area contributed by atoms with E-state index in [9.17, 15) is 12.8 Å². The second-order valence-corrected chi connectivity index (χ2v) is 9.01. The molecular weight excluding hydrogens is 419 g/mol. The van der Waals surface area contributed by atoms with E-state index < -0.39 is 9.84 Å². The van der Waals surface area contributed by atoms with Gasteiger partial charge < -0.3 is 15.1 Å². The number of sulfone groups is 1. The lowest BCUT2D eigenvalue weighted by molar-refractivity contribution is 0.571. The van der Waals surface area contributed by atoms with Crippen molar-refractivity contribution in [3.8, 4) is 11.5 Å². The minimum Gasteiger partial charge on any atom is -0.444 e. The van der Waals surface area contributed by atoms with Crippen molar-refractivity contribution in [2.75, 3.05) is 26.4 Å². The van der Waals surface area contributed by atoms with Gasteiger partial charge in [0.05, 0.1) is 10.6 Å². The van der Waals surface area contributed by atoms with Crippen LogP contribution >= 0.6 is 0 Å². The van der Waals surface area contributed by atoms with Gasteiger partial charge >= 0.3 is 0 Å². The highest BCUT2D eigenvalue weighted by molar-refractivity contribution is 7.90. The molecule has 0 aliphatic carbocycles. The molecule has 0 radical (unpaired) electrons. The molecule has 164 valence electrons. The van der Waals surface area contributed by atoms with Gasteiger partial charge in [0, 0.05) is 38.4 Å². The second-order valence-electron chi connectivity index (χ2n) is 6.99. The molecule has 0 unspecified atom stereocenters. The molecule has 3 aromatic rings. The zero-order chi connectivity index (χ0) is 22.3. The fourth-order valence-electron chi connectivity index (χ4n) is 2.90. The van der Waals surface area contributed by atoms with Crippen molar-refractivity contribution in [2.24, 2.45) is 4.99 Å². The predicted molar refractivity (Wildman–Crippen MR) is 118 cm³/mol. The van der Waals surface area contributed by atoms with Gasteiger partial charge in [0.1, 0.15) is 12.1 Å². The van der Waals surface area contributed by atoms with E-state index in [-0.39, 0.29) is 5.82 Å². The molecule has 2 aromatic carbocycles. The average Bonchev–Trinajstić information content (AvgIpc) is 3.22. The zero-order valence-corrected chi connectivity index (χ0v) is 18.2. The summed E-state index contributed by atoms with van der Waals surface area (Å²) < 4.78 is 41.5. The molecule has 31 heavy (non-hydrogen) atoms. The van der Waals surface area contributed by atoms with Crippen LogP contribution in [0, 0.1) is 5.82 Å². The predicted octanol–water partition coefficient (Wildman–Crippen LogP) is 2.83. The van der Waals surface area contributed by atoms with E-state index in [1.54, 1.807) is 37.6 Å². The van der Waals surface area contributed by atoms with Gasteiger partial charge in [-0.05, 0) is 48.4 Å². The Hall–Kier alpha value is -3.20. The molecule has 1 heterocycles. The molecule has 0 atom stereocenters. The fraction of sp³-hybridized carbons (Fsp3) is 0.273. The summed E-state index contributed by atoms with van der Waals surface area (Å²) >= 11 is 0. The lowest BCUT2D eigenvalue weighted by atomic mass is 10.1. The molecule has 0 saturated heterocycles. The van der Waals surface area contributed by atoms with Crippen LogP contribution in [0.3, 0.4) is 0 Å². The topological polar surface area (TPSA) is 96.6 Å². The number of rotatable bonds is 8. The number of hydrogen-bond acceptors (Lipinski definition) is 5. The fourth-order valence-corrected chi connectivity index (χ4v) is 3.54. The Balaban J connectivity index is 1.42. The molecular formula is C22H25FN4O3S. The van der Waals surface area contributed by atoms with E-state index >= 15 is 0 Å². The first-order chi connectivity index (χ1) is 14.8. The number of aliphatic imine (C=N–C) groups is 1. The molecule has 0 aliphatic heterocycles. The first kappa shape index (κ1) is 22.5. The van der Waals surface area contributed by atoms with Crippen LogP contribution in [0.4, 0.5) is 4.39 Å². The maximum absolute atomic E-state index is 13.0. The summed E-state index contributed by atoms with van der Waals surface area (Å²) in [6.07, 6.45) is 4.16. The van der Waals surface area contributed by atoms with Crippen LogP contribution in [0.15, 0.2) is 69.1 Å². The third-order valence-corrected chi connectivity index (χ3v) is 5.73. The number of halogens is 1. The van der Waals surface area contributed by atoms with Crippen LogP contribution in [0.25, 0.3) is 11.5 Å². The van der Waals surface area contributed by atoms with E-state index in [0.29, 0.717) is 36.3 Å². The van der Waals surface area contributed by atoms with Crippen molar-refractivity contribution >= 4 is 15.8 Å². The Morgan fingerprint density at radius 3 is 2.29 bits per heavy atom. The molecule has 9 heteroatoms. The van der Waals surface area contributed by atoms with E-state index in [2.05, 4.69) is 20.6 Å². The normalized spacial score (nSPS) is 12.0. The summed E-state index contributed by atoms with van der Waals surface area (Å²) in [5.41, 5.74) is 2.54. The number of guanidine groups is 1. The average molecular weight is 445 g/mol. The van der Waals surface area contributed by atoms with E-state index in [1.807, 2.05) is 12.1 Å². The first-order valence-corrected chi connectivity index (χ1v) is 11.7. The molecule has 0 fully saturated rings. The second kappa shape index (κ2) is 10.2. The van der Waals surface area contributed by atoms with Crippen LogP contribution in [0.5, 0.6) is 0 Å². The summed E-state index contributed by atoms with van der Waals surface area (Å²) in [7, 11) is -1.48. The Bertz CT molecular complexity index is 1120. The minimum absolute atomic E-state index is 0.301. The van der Waals surface area contributed by atoms with Crippen LogP contribution in [0.2, 0.25) is 0 Å². The summed E-state index contributed by atoms with van der Waals surface area (Å²) in [4.78, 5) is 8.94. The standard InChI is InChI=1S/C22H25FN4O3S/c1-24-22(25-13-11-16-3-9-20(10-4-16)31(2,28)29)26-14-12-19-15-30-21(27-19)17-5-7-18(23)8-6-17/h3-10,15H,11-14H2,1-2H3,(H2,24,25,26). The van der Waals surface area contributed by atoms with Crippen molar-refractivity contribution in [1.29, 1.82) is 0 Å². The van der Waals surface area contributed by atoms with Gasteiger partial charge in [-0.25, -0.2) is 17.8 Å². The van der Waals surface area contributed by atoms with Crippen molar-refractivity contribution in [2.45, 2.75) is 17.7 Å². The third kappa shape index (κ3) is 6.65. The van der Waals surface area contributed by atoms with Crippen LogP contribution < -0.4 is 10.6 Å². The molecule has 0 saturated carbocycles. The molecule has 1 aromatic heterocycles. The lowest BCUT2D eigenvalue weighted by Crippen LogP contribution is -2.39. The van der Waals surface area contributed by atoms with Crippen LogP contribution in [-0.4, -0.2) is 45.8 Å². The molecule has 3 rings (SSSR count). The van der Waals surface area contributed by atoms with Gasteiger partial charge in [-0.1, -0.05) is 12.1 Å². The molecule has 0 amide bonds. The number of hydrogen-bond donors (Lipinski definition) is 2. The Kier molecular flexibility index (Phi) is 7.41. The van der Waals surface area contributed by atoms with Gasteiger partial charge in [0.25, 0.3) is 0 Å². The highest BCUT2D eigenvalue weighted by atomic mass is 32.2. The molecule has 0 bridgehead atoms. The van der Waals surface area contributed by atoms with Crippen LogP contribution in [-0.2, 0) is 22.7 Å². The number of oxazole rings is 1. The number of benzene rings is 2. The molecule has 7 nitrogen and oxygen atoms in total. The van der Waals surface area contributed by atoms with Gasteiger partial charge in [-0.15, -0.1) is 0 Å². The van der Waals surface area contributed by atoms with Crippen molar-refractivity contribution in [3.05, 3.63) is 71.9 Å². The van der Waals surface area contributed by atoms with Gasteiger partial charge in [0.2, 0.25) is 5.89 Å². The van der Waals surface area contributed by atoms with E-state index in [0.717, 1.165) is 23.2 Å². The van der Waals surface area contributed by atoms with E-state index in [1.165, 1.54) is 18.4 Å². The number of nitrogens with zero attached hydrogens (tertiary/aromatic N) is 2. The lowest BCUT2D eigenvalue weighted by Gasteiger charge is -2.11. The highest BCUT2D eigenvalue weighted by Gasteiger charge is 2.08. The summed E-state index contributed by atoms with van der Waals surface area (Å²) in [5.74, 6) is 0.818. The Labute approximate surface area is 181 Å². The molecule has 2 N–H and O–H groups in total. The Morgan fingerprint density at radius 2 is 1.68 bits per heavy atom. The number of aromatic nitrogens is 1. The van der Waals surface area contributed by atoms with Crippen molar-refractivity contribution in [3.63, 3.8) is 0 Å². The minimum atomic E-state index is -3.18. The third-order valence-electron chi connectivity index (χ3n) is 4.60. The summed E-state index contributed by atoms with van der Waals surface area (Å²) in [6, 6.07) is 12.9. The first-order valence-electron chi connectivity index (χ1n) is 9.79. The van der Waals surface area contributed by atoms with E-state index in [4.69, 9.17) is 4.42 Å². The maximum Gasteiger partial charge on any atom is 0.226 e. The molecule has 0 aliphatic rings. The highest BCUT2D eigenvalue weighted by Crippen LogP contribution is 2.19. The largest absolute Gasteiger partial charge is 0.444 e. The summed E-state index contributed by atoms with van der Waals surface area (Å²) in [5, 5.41) is 6.44. The quantitative estimate of drug-likeness (QED) is 0.410. The van der Waals surface area contributed by atoms with Gasteiger partial charge in [-0.2, -0.15) is 0 Å². The summed E-state index contributed by atoms with van der Waals surface area (Å²) in [6.45, 7) is 1.26. The SMILES string of the molecule is CN=C(NCCc1ccc(S(C)(=O)=O)cc1)NCCc1coc(-c2ccc(F)cc2)n1. The molecule has 0 spiro atoms. The Morgan fingerprint density at radius 1 is 1.03 bits per heavy atom. The van der Waals surface area contributed by atoms with Crippen molar-refractivity contribution in [1.82, 2.24) is 15.6 Å². The zero-order valence-electron chi connectivity index (χ0n) is 17.4. The van der Waals surface area contributed by atoms with Gasteiger partial charge in [-0.3, -0.25) is 4.99 Å². The monoisotopic (exact) mass is 444 g/mol. The van der Waals surface area contributed by atoms with Crippen molar-refractivity contribution < 1.29 is 17.2 Å². The van der Waals surface area contributed by atoms with Gasteiger partial charge in [0.15, 0.2) is 15.8 Å². The number of nitrogens with one attached hydrogen (secondary N) is 2.